The Kier molecular flexibility index (Phi) is 3.49. The van der Waals surface area contributed by atoms with E-state index in [1.54, 1.807) is 0 Å². The van der Waals surface area contributed by atoms with E-state index in [-0.39, 0.29) is 5.41 Å². The first-order chi connectivity index (χ1) is 7.09. The van der Waals surface area contributed by atoms with E-state index in [2.05, 4.69) is 45.9 Å². The van der Waals surface area contributed by atoms with E-state index in [0.717, 1.165) is 0 Å². The zero-order valence-corrected chi connectivity index (χ0v) is 11.4. The lowest BCUT2D eigenvalue weighted by Crippen LogP contribution is -2.23. The summed E-state index contributed by atoms with van der Waals surface area (Å²) in [5.41, 5.74) is 3.37. The number of hydrogen-bond acceptors (Lipinski definition) is 1. The summed E-state index contributed by atoms with van der Waals surface area (Å²) in [4.78, 5) is 0. The maximum Gasteiger partial charge on any atom is 0.0632 e. The van der Waals surface area contributed by atoms with Gasteiger partial charge in [0.25, 0.3) is 0 Å². The molecule has 0 aliphatic heterocycles. The molecule has 0 aliphatic rings. The molecule has 1 aromatic carbocycles. The van der Waals surface area contributed by atoms with Crippen LogP contribution in [0, 0.1) is 6.92 Å². The smallest absolute Gasteiger partial charge is 0.0632 e. The minimum absolute atomic E-state index is 0.169. The molecule has 0 saturated heterocycles. The summed E-state index contributed by atoms with van der Waals surface area (Å²) >= 11 is 0. The van der Waals surface area contributed by atoms with Crippen LogP contribution in [0.15, 0.2) is 18.2 Å². The van der Waals surface area contributed by atoms with E-state index in [9.17, 15) is 5.11 Å². The molecule has 90 valence electrons. The zero-order valence-electron chi connectivity index (χ0n) is 11.4. The summed E-state index contributed by atoms with van der Waals surface area (Å²) in [6.45, 7) is 12.5. The summed E-state index contributed by atoms with van der Waals surface area (Å²) in [6.07, 6.45) is 0.711. The molecule has 0 aliphatic carbocycles. The molecular formula is C15H24O. The Labute approximate surface area is 99.5 Å². The van der Waals surface area contributed by atoms with Crippen molar-refractivity contribution in [1.82, 2.24) is 0 Å². The Hall–Kier alpha value is -0.820. The van der Waals surface area contributed by atoms with Crippen molar-refractivity contribution >= 4 is 0 Å². The van der Waals surface area contributed by atoms with Gasteiger partial charge in [0, 0.05) is 6.42 Å². The van der Waals surface area contributed by atoms with Crippen molar-refractivity contribution in [2.75, 3.05) is 0 Å². The SMILES string of the molecule is Cc1ccc(C(C)(C)C)cc1CC(C)(C)O. The summed E-state index contributed by atoms with van der Waals surface area (Å²) in [6, 6.07) is 6.57. The molecule has 0 amide bonds. The van der Waals surface area contributed by atoms with Gasteiger partial charge in [0.05, 0.1) is 5.60 Å². The van der Waals surface area contributed by atoms with Gasteiger partial charge < -0.3 is 5.11 Å². The highest BCUT2D eigenvalue weighted by Crippen LogP contribution is 2.26. The number of hydrogen-bond donors (Lipinski definition) is 1. The standard InChI is InChI=1S/C15H24O/c1-11-7-8-13(14(2,3)4)9-12(11)10-15(5,6)16/h7-9,16H,10H2,1-6H3. The van der Waals surface area contributed by atoms with E-state index < -0.39 is 5.60 Å². The molecule has 0 unspecified atom stereocenters. The molecule has 16 heavy (non-hydrogen) atoms. The van der Waals surface area contributed by atoms with Crippen LogP contribution in [0.5, 0.6) is 0 Å². The molecular weight excluding hydrogens is 196 g/mol. The van der Waals surface area contributed by atoms with Gasteiger partial charge in [-0.25, -0.2) is 0 Å². The predicted molar refractivity (Wildman–Crippen MR) is 69.9 cm³/mol. The van der Waals surface area contributed by atoms with Crippen molar-refractivity contribution in [1.29, 1.82) is 0 Å². The molecule has 0 fully saturated rings. The fraction of sp³-hybridized carbons (Fsp3) is 0.600. The normalized spacial score (nSPS) is 12.9. The van der Waals surface area contributed by atoms with E-state index in [1.165, 1.54) is 16.7 Å². The third-order valence-electron chi connectivity index (χ3n) is 2.84. The second-order valence-corrected chi connectivity index (χ2v) is 6.38. The molecule has 1 nitrogen and oxygen atoms in total. The molecule has 0 radical (unpaired) electrons. The van der Waals surface area contributed by atoms with Crippen LogP contribution in [0.4, 0.5) is 0 Å². The Morgan fingerprint density at radius 2 is 1.62 bits per heavy atom. The van der Waals surface area contributed by atoms with Gasteiger partial charge in [-0.1, -0.05) is 39.0 Å². The number of rotatable bonds is 2. The van der Waals surface area contributed by atoms with Gasteiger partial charge in [-0.2, -0.15) is 0 Å². The lowest BCUT2D eigenvalue weighted by molar-refractivity contribution is 0.0808. The van der Waals surface area contributed by atoms with Crippen LogP contribution in [0.25, 0.3) is 0 Å². The van der Waals surface area contributed by atoms with Gasteiger partial charge in [0.15, 0.2) is 0 Å². The van der Waals surface area contributed by atoms with Gasteiger partial charge in [-0.3, -0.25) is 0 Å². The quantitative estimate of drug-likeness (QED) is 0.807. The molecule has 1 rings (SSSR count). The molecule has 1 heteroatoms. The highest BCUT2D eigenvalue weighted by molar-refractivity contribution is 5.35. The molecule has 0 bridgehead atoms. The number of aryl methyl sites for hydroxylation is 1. The van der Waals surface area contributed by atoms with Crippen LogP contribution >= 0.6 is 0 Å². The topological polar surface area (TPSA) is 20.2 Å². The maximum absolute atomic E-state index is 9.89. The Balaban J connectivity index is 3.10. The van der Waals surface area contributed by atoms with Crippen LogP contribution < -0.4 is 0 Å². The average Bonchev–Trinajstić information content (AvgIpc) is 2.04. The Morgan fingerprint density at radius 3 is 2.06 bits per heavy atom. The van der Waals surface area contributed by atoms with Crippen molar-refractivity contribution in [3.8, 4) is 0 Å². The lowest BCUT2D eigenvalue weighted by Gasteiger charge is -2.23. The van der Waals surface area contributed by atoms with Gasteiger partial charge in [-0.15, -0.1) is 0 Å². The summed E-state index contributed by atoms with van der Waals surface area (Å²) in [7, 11) is 0. The molecule has 0 atom stereocenters. The van der Waals surface area contributed by atoms with Gasteiger partial charge in [0.2, 0.25) is 0 Å². The van der Waals surface area contributed by atoms with Gasteiger partial charge in [-0.05, 0) is 42.9 Å². The molecule has 0 saturated carbocycles. The monoisotopic (exact) mass is 220 g/mol. The largest absolute Gasteiger partial charge is 0.390 e. The fourth-order valence-corrected chi connectivity index (χ4v) is 1.79. The third kappa shape index (κ3) is 3.64. The second kappa shape index (κ2) is 4.21. The minimum Gasteiger partial charge on any atom is -0.390 e. The first kappa shape index (κ1) is 13.2. The average molecular weight is 220 g/mol. The van der Waals surface area contributed by atoms with Crippen molar-refractivity contribution in [2.45, 2.75) is 59.0 Å². The van der Waals surface area contributed by atoms with Crippen molar-refractivity contribution < 1.29 is 5.11 Å². The molecule has 0 spiro atoms. The van der Waals surface area contributed by atoms with Crippen molar-refractivity contribution in [3.05, 3.63) is 34.9 Å². The molecule has 0 aromatic heterocycles. The zero-order chi connectivity index (χ0) is 12.6. The van der Waals surface area contributed by atoms with Crippen LogP contribution in [0.2, 0.25) is 0 Å². The van der Waals surface area contributed by atoms with Crippen LogP contribution in [0.3, 0.4) is 0 Å². The van der Waals surface area contributed by atoms with Crippen LogP contribution in [0.1, 0.15) is 51.3 Å². The molecule has 1 N–H and O–H groups in total. The molecule has 1 aromatic rings. The highest BCUT2D eigenvalue weighted by Gasteiger charge is 2.18. The van der Waals surface area contributed by atoms with Gasteiger partial charge in [0.1, 0.15) is 0 Å². The Bertz CT molecular complexity index is 364. The predicted octanol–water partition coefficient (Wildman–Crippen LogP) is 3.61. The van der Waals surface area contributed by atoms with Crippen molar-refractivity contribution in [2.24, 2.45) is 0 Å². The lowest BCUT2D eigenvalue weighted by atomic mass is 9.83. The van der Waals surface area contributed by atoms with Crippen molar-refractivity contribution in [3.63, 3.8) is 0 Å². The highest BCUT2D eigenvalue weighted by atomic mass is 16.3. The van der Waals surface area contributed by atoms with E-state index in [0.29, 0.717) is 6.42 Å². The summed E-state index contributed by atoms with van der Waals surface area (Å²) in [5.74, 6) is 0. The number of aliphatic hydroxyl groups is 1. The van der Waals surface area contributed by atoms with Crippen LogP contribution in [-0.2, 0) is 11.8 Å². The third-order valence-corrected chi connectivity index (χ3v) is 2.84. The summed E-state index contributed by atoms with van der Waals surface area (Å²) in [5, 5.41) is 9.89. The van der Waals surface area contributed by atoms with Crippen LogP contribution in [-0.4, -0.2) is 10.7 Å². The van der Waals surface area contributed by atoms with Gasteiger partial charge >= 0.3 is 0 Å². The minimum atomic E-state index is -0.638. The number of benzene rings is 1. The Morgan fingerprint density at radius 1 is 1.06 bits per heavy atom. The second-order valence-electron chi connectivity index (χ2n) is 6.38. The first-order valence-corrected chi connectivity index (χ1v) is 5.92. The van der Waals surface area contributed by atoms with E-state index in [4.69, 9.17) is 0 Å². The fourth-order valence-electron chi connectivity index (χ4n) is 1.79. The summed E-state index contributed by atoms with van der Waals surface area (Å²) < 4.78 is 0. The first-order valence-electron chi connectivity index (χ1n) is 5.92. The van der Waals surface area contributed by atoms with E-state index >= 15 is 0 Å². The molecule has 0 heterocycles. The maximum atomic E-state index is 9.89. The van der Waals surface area contributed by atoms with E-state index in [1.807, 2.05) is 13.8 Å².